The molecule has 1 aromatic heterocycles. The molecule has 37 heavy (non-hydrogen) atoms. The second kappa shape index (κ2) is 11.8. The molecule has 198 valence electrons. The minimum atomic E-state index is -4.51. The van der Waals surface area contributed by atoms with E-state index < -0.39 is 33.6 Å². The van der Waals surface area contributed by atoms with Crippen LogP contribution in [0.2, 0.25) is 0 Å². The van der Waals surface area contributed by atoms with Crippen LogP contribution in [0.5, 0.6) is 0 Å². The highest BCUT2D eigenvalue weighted by Gasteiger charge is 2.31. The lowest BCUT2D eigenvalue weighted by atomic mass is 10.1. The maximum Gasteiger partial charge on any atom is 0.416 e. The number of alkyl halides is 3. The Hall–Kier alpha value is -3.36. The molecule has 0 saturated heterocycles. The molecule has 0 atom stereocenters. The number of halogens is 3. The van der Waals surface area contributed by atoms with Crippen molar-refractivity contribution in [3.8, 4) is 10.6 Å². The van der Waals surface area contributed by atoms with Crippen molar-refractivity contribution in [2.45, 2.75) is 37.3 Å². The fraction of sp³-hybridized carbons (Fsp3) is 0.304. The van der Waals surface area contributed by atoms with Gasteiger partial charge in [-0.15, -0.1) is 10.2 Å². The van der Waals surface area contributed by atoms with Crippen molar-refractivity contribution >= 4 is 38.4 Å². The number of nitrogens with zero attached hydrogens (tertiary/aromatic N) is 3. The first-order valence-electron chi connectivity index (χ1n) is 11.1. The van der Waals surface area contributed by atoms with Gasteiger partial charge < -0.3 is 5.11 Å². The zero-order chi connectivity index (χ0) is 27.2. The normalized spacial score (nSPS) is 11.9. The Morgan fingerprint density at radius 3 is 2.27 bits per heavy atom. The second-order valence-corrected chi connectivity index (χ2v) is 10.6. The van der Waals surface area contributed by atoms with Crippen LogP contribution in [0.25, 0.3) is 10.6 Å². The Labute approximate surface area is 215 Å². The molecule has 0 unspecified atom stereocenters. The number of hydrogen-bond donors (Lipinski definition) is 2. The summed E-state index contributed by atoms with van der Waals surface area (Å²) in [5.74, 6) is -1.64. The van der Waals surface area contributed by atoms with E-state index in [0.29, 0.717) is 17.0 Å². The summed E-state index contributed by atoms with van der Waals surface area (Å²) in [5.41, 5.74) is -0.249. The van der Waals surface area contributed by atoms with Crippen molar-refractivity contribution in [3.05, 3.63) is 59.7 Å². The van der Waals surface area contributed by atoms with E-state index in [1.807, 2.05) is 6.92 Å². The van der Waals surface area contributed by atoms with E-state index in [9.17, 15) is 31.2 Å². The zero-order valence-electron chi connectivity index (χ0n) is 19.5. The number of hydrogen-bond acceptors (Lipinski definition) is 7. The minimum Gasteiger partial charge on any atom is -0.481 e. The predicted molar refractivity (Wildman–Crippen MR) is 131 cm³/mol. The maximum absolute atomic E-state index is 13.1. The summed E-state index contributed by atoms with van der Waals surface area (Å²) in [7, 11) is -3.90. The number of rotatable bonds is 11. The van der Waals surface area contributed by atoms with Gasteiger partial charge in [0.05, 0.1) is 16.9 Å². The quantitative estimate of drug-likeness (QED) is 0.358. The Kier molecular flexibility index (Phi) is 8.99. The molecule has 2 N–H and O–H groups in total. The number of carboxylic acid groups (broad SMARTS) is 1. The van der Waals surface area contributed by atoms with Gasteiger partial charge in [0.1, 0.15) is 5.01 Å². The van der Waals surface area contributed by atoms with E-state index in [1.165, 1.54) is 29.2 Å². The molecule has 0 saturated carbocycles. The third kappa shape index (κ3) is 7.33. The molecule has 0 aliphatic carbocycles. The number of carboxylic acids is 1. The summed E-state index contributed by atoms with van der Waals surface area (Å²) in [4.78, 5) is 25.0. The topological polar surface area (TPSA) is 130 Å². The van der Waals surface area contributed by atoms with Crippen LogP contribution in [0.4, 0.5) is 18.3 Å². The van der Waals surface area contributed by atoms with Gasteiger partial charge in [-0.3, -0.25) is 14.5 Å². The average molecular weight is 557 g/mol. The summed E-state index contributed by atoms with van der Waals surface area (Å²) in [5, 5.41) is 17.5. The Bertz CT molecular complexity index is 1340. The number of amides is 1. The van der Waals surface area contributed by atoms with E-state index in [0.717, 1.165) is 42.0 Å². The van der Waals surface area contributed by atoms with Crippen molar-refractivity contribution < 1.29 is 36.3 Å². The summed E-state index contributed by atoms with van der Waals surface area (Å²) in [6.45, 7) is 1.96. The van der Waals surface area contributed by atoms with E-state index in [1.54, 1.807) is 0 Å². The SMILES string of the molecule is CCCCN(C(=O)c1ccc(C(F)(F)F)cc1)c1nnc(-c2ccc(S(=O)(=O)NCCC(=O)O)cc2)s1. The molecule has 9 nitrogen and oxygen atoms in total. The monoisotopic (exact) mass is 556 g/mol. The first-order chi connectivity index (χ1) is 17.4. The molecule has 3 aromatic rings. The van der Waals surface area contributed by atoms with Crippen LogP contribution in [0.15, 0.2) is 53.4 Å². The van der Waals surface area contributed by atoms with Gasteiger partial charge in [-0.2, -0.15) is 13.2 Å². The number of sulfonamides is 1. The fourth-order valence-electron chi connectivity index (χ4n) is 3.15. The maximum atomic E-state index is 13.1. The van der Waals surface area contributed by atoms with Gasteiger partial charge in [0.25, 0.3) is 5.91 Å². The molecular formula is C23H23F3N4O5S2. The number of nitrogens with one attached hydrogen (secondary N) is 1. The van der Waals surface area contributed by atoms with Gasteiger partial charge in [-0.1, -0.05) is 36.8 Å². The van der Waals surface area contributed by atoms with Crippen molar-refractivity contribution in [1.29, 1.82) is 0 Å². The number of anilines is 1. The number of carbonyl (C=O) groups is 2. The van der Waals surface area contributed by atoms with Gasteiger partial charge in [-0.25, -0.2) is 13.1 Å². The molecule has 0 aliphatic heterocycles. The number of unbranched alkanes of at least 4 members (excludes halogenated alkanes) is 1. The molecule has 1 heterocycles. The predicted octanol–water partition coefficient (Wildman–Crippen LogP) is 4.42. The number of aromatic nitrogens is 2. The molecule has 1 amide bonds. The highest BCUT2D eigenvalue weighted by atomic mass is 32.2. The second-order valence-electron chi connectivity index (χ2n) is 7.84. The molecule has 2 aromatic carbocycles. The molecule has 0 spiro atoms. The first kappa shape index (κ1) is 28.2. The lowest BCUT2D eigenvalue weighted by Crippen LogP contribution is -2.32. The molecule has 0 bridgehead atoms. The van der Waals surface area contributed by atoms with Gasteiger partial charge in [-0.05, 0) is 42.8 Å². The van der Waals surface area contributed by atoms with E-state index in [2.05, 4.69) is 14.9 Å². The van der Waals surface area contributed by atoms with Crippen LogP contribution in [0.1, 0.15) is 42.1 Å². The number of carbonyl (C=O) groups excluding carboxylic acids is 1. The van der Waals surface area contributed by atoms with Crippen LogP contribution in [0, 0.1) is 0 Å². The molecule has 0 aliphatic rings. The van der Waals surface area contributed by atoms with Gasteiger partial charge in [0, 0.05) is 24.2 Å². The highest BCUT2D eigenvalue weighted by molar-refractivity contribution is 7.89. The third-order valence-corrected chi connectivity index (χ3v) is 7.60. The summed E-state index contributed by atoms with van der Waals surface area (Å²) >= 11 is 1.08. The smallest absolute Gasteiger partial charge is 0.416 e. The van der Waals surface area contributed by atoms with Crippen LogP contribution in [-0.4, -0.2) is 48.7 Å². The van der Waals surface area contributed by atoms with E-state index in [-0.39, 0.29) is 35.1 Å². The van der Waals surface area contributed by atoms with Crippen molar-refractivity contribution in [1.82, 2.24) is 14.9 Å². The number of benzene rings is 2. The summed E-state index contributed by atoms with van der Waals surface area (Å²) < 4.78 is 65.4. The standard InChI is InChI=1S/C23H23F3N4O5S2/c1-2-3-14-30(21(33)16-4-8-17(9-5-16)23(24,25)26)22-29-28-20(36-22)15-6-10-18(11-7-15)37(34,35)27-13-12-19(31)32/h4-11,27H,2-3,12-14H2,1H3,(H,31,32). The van der Waals surface area contributed by atoms with E-state index in [4.69, 9.17) is 5.11 Å². The first-order valence-corrected chi connectivity index (χ1v) is 13.4. The van der Waals surface area contributed by atoms with Gasteiger partial charge in [0.15, 0.2) is 0 Å². The highest BCUT2D eigenvalue weighted by Crippen LogP contribution is 2.32. The van der Waals surface area contributed by atoms with Crippen LogP contribution >= 0.6 is 11.3 Å². The molecular weight excluding hydrogens is 533 g/mol. The van der Waals surface area contributed by atoms with Gasteiger partial charge >= 0.3 is 12.1 Å². The molecule has 0 fully saturated rings. The molecule has 0 radical (unpaired) electrons. The van der Waals surface area contributed by atoms with Crippen LogP contribution in [-0.2, 0) is 21.0 Å². The van der Waals surface area contributed by atoms with Crippen LogP contribution in [0.3, 0.4) is 0 Å². The summed E-state index contributed by atoms with van der Waals surface area (Å²) in [6.07, 6.45) is -3.48. The number of aliphatic carboxylic acids is 1. The van der Waals surface area contributed by atoms with Crippen molar-refractivity contribution in [2.75, 3.05) is 18.0 Å². The minimum absolute atomic E-state index is 0.0616. The van der Waals surface area contributed by atoms with Crippen molar-refractivity contribution in [3.63, 3.8) is 0 Å². The molecule has 3 rings (SSSR count). The van der Waals surface area contributed by atoms with Crippen LogP contribution < -0.4 is 9.62 Å². The van der Waals surface area contributed by atoms with Crippen molar-refractivity contribution in [2.24, 2.45) is 0 Å². The Morgan fingerprint density at radius 2 is 1.70 bits per heavy atom. The zero-order valence-corrected chi connectivity index (χ0v) is 21.2. The Balaban J connectivity index is 1.80. The van der Waals surface area contributed by atoms with E-state index >= 15 is 0 Å². The third-order valence-electron chi connectivity index (χ3n) is 5.13. The fourth-order valence-corrected chi connectivity index (χ4v) is 5.06. The lowest BCUT2D eigenvalue weighted by molar-refractivity contribution is -0.138. The van der Waals surface area contributed by atoms with Gasteiger partial charge in [0.2, 0.25) is 15.2 Å². The summed E-state index contributed by atoms with van der Waals surface area (Å²) in [6, 6.07) is 9.62. The largest absolute Gasteiger partial charge is 0.481 e. The molecule has 14 heteroatoms. The average Bonchev–Trinajstić information content (AvgIpc) is 3.33. The Morgan fingerprint density at radius 1 is 1.05 bits per heavy atom. The lowest BCUT2D eigenvalue weighted by Gasteiger charge is -2.19.